The van der Waals surface area contributed by atoms with Gasteiger partial charge < -0.3 is 0 Å². The van der Waals surface area contributed by atoms with Gasteiger partial charge in [0, 0.05) is 28.5 Å². The smallest absolute Gasteiger partial charge is 0.0267 e. The Morgan fingerprint density at radius 3 is 1.62 bits per heavy atom. The lowest BCUT2D eigenvalue weighted by Gasteiger charge is -1.70. The second-order valence-corrected chi connectivity index (χ2v) is 1.02. The molecule has 1 aromatic heterocycles. The number of aromatic nitrogens is 1. The van der Waals surface area contributed by atoms with Crippen LogP contribution in [0.2, 0.25) is 0 Å². The van der Waals surface area contributed by atoms with Crippen molar-refractivity contribution in [1.29, 1.82) is 0 Å². The first-order chi connectivity index (χ1) is 4.00. The monoisotopic (exact) mass is 174 g/mol. The molecule has 0 aliphatic carbocycles. The fraction of sp³-hybridized carbons (Fsp3) is 0. The van der Waals surface area contributed by atoms with E-state index in [0.717, 1.165) is 0 Å². The number of halogens is 1. The van der Waals surface area contributed by atoms with Crippen molar-refractivity contribution in [3.8, 4) is 0 Å². The standard InChI is InChI=1S/C5H5N.BrH2N/c1-2-4-6-5-3-1;1-2/h1-5H;2H2. The topological polar surface area (TPSA) is 38.9 Å². The second kappa shape index (κ2) is 6.59. The first-order valence-electron chi connectivity index (χ1n) is 2.07. The van der Waals surface area contributed by atoms with Crippen LogP contribution in [-0.2, 0) is 0 Å². The Morgan fingerprint density at radius 2 is 1.50 bits per heavy atom. The van der Waals surface area contributed by atoms with Gasteiger partial charge in [-0.15, -0.1) is 0 Å². The van der Waals surface area contributed by atoms with Gasteiger partial charge in [-0.05, 0) is 12.1 Å². The molecule has 0 saturated carbocycles. The predicted octanol–water partition coefficient (Wildman–Crippen LogP) is 1.34. The lowest BCUT2D eigenvalue weighted by atomic mass is 10.5. The Labute approximate surface area is 57.1 Å². The molecule has 0 fully saturated rings. The van der Waals surface area contributed by atoms with Gasteiger partial charge in [0.15, 0.2) is 0 Å². The summed E-state index contributed by atoms with van der Waals surface area (Å²) in [5, 5.41) is 0. The number of nitrogens with two attached hydrogens (primary N) is 1. The summed E-state index contributed by atoms with van der Waals surface area (Å²) in [4.78, 5) is 3.78. The Hall–Kier alpha value is -0.410. The summed E-state index contributed by atoms with van der Waals surface area (Å²) < 4.78 is 4.31. The second-order valence-electron chi connectivity index (χ2n) is 1.02. The first kappa shape index (κ1) is 7.59. The summed E-state index contributed by atoms with van der Waals surface area (Å²) in [5.41, 5.74) is 0. The summed E-state index contributed by atoms with van der Waals surface area (Å²) in [6, 6.07) is 5.72. The zero-order chi connectivity index (χ0) is 6.24. The SMILES string of the molecule is NBr.c1ccncc1. The maximum absolute atomic E-state index is 4.31. The molecule has 1 heterocycles. The van der Waals surface area contributed by atoms with Gasteiger partial charge >= 0.3 is 0 Å². The highest BCUT2D eigenvalue weighted by Gasteiger charge is 1.58. The number of rotatable bonds is 0. The van der Waals surface area contributed by atoms with Crippen LogP contribution >= 0.6 is 16.1 Å². The molecular formula is C5H7BrN2. The minimum absolute atomic E-state index is 1.75. The van der Waals surface area contributed by atoms with Gasteiger partial charge in [-0.3, -0.25) is 9.74 Å². The Bertz CT molecular complexity index is 82.4. The average Bonchev–Trinajstić information content (AvgIpc) is 1.96. The van der Waals surface area contributed by atoms with E-state index < -0.39 is 0 Å². The highest BCUT2D eigenvalue weighted by atomic mass is 79.9. The minimum Gasteiger partial charge on any atom is -0.270 e. The first-order valence-corrected chi connectivity index (χ1v) is 2.98. The van der Waals surface area contributed by atoms with Crippen molar-refractivity contribution in [2.75, 3.05) is 0 Å². The van der Waals surface area contributed by atoms with E-state index in [9.17, 15) is 0 Å². The Morgan fingerprint density at radius 1 is 1.00 bits per heavy atom. The summed E-state index contributed by atoms with van der Waals surface area (Å²) >= 11 is 2.44. The molecule has 0 amide bonds. The van der Waals surface area contributed by atoms with E-state index in [1.807, 2.05) is 18.2 Å². The molecule has 0 spiro atoms. The Kier molecular flexibility index (Phi) is 6.25. The van der Waals surface area contributed by atoms with E-state index in [1.54, 1.807) is 12.4 Å². The van der Waals surface area contributed by atoms with Crippen LogP contribution in [0.25, 0.3) is 0 Å². The molecule has 0 aliphatic heterocycles. The molecule has 0 unspecified atom stereocenters. The number of hydrogen-bond donors (Lipinski definition) is 1. The van der Waals surface area contributed by atoms with Crippen LogP contribution < -0.4 is 4.76 Å². The fourth-order valence-electron chi connectivity index (χ4n) is 0.313. The lowest BCUT2D eigenvalue weighted by molar-refractivity contribution is 1.33. The van der Waals surface area contributed by atoms with Gasteiger partial charge in [0.05, 0.1) is 0 Å². The molecule has 0 saturated heterocycles. The summed E-state index contributed by atoms with van der Waals surface area (Å²) in [6.07, 6.45) is 3.50. The molecule has 0 radical (unpaired) electrons. The molecule has 44 valence electrons. The summed E-state index contributed by atoms with van der Waals surface area (Å²) in [7, 11) is 0. The molecule has 0 aliphatic rings. The van der Waals surface area contributed by atoms with Crippen molar-refractivity contribution in [2.24, 2.45) is 4.76 Å². The Balaban J connectivity index is 0.000000222. The predicted molar refractivity (Wildman–Crippen MR) is 37.4 cm³/mol. The molecule has 0 bridgehead atoms. The molecule has 0 aromatic carbocycles. The van der Waals surface area contributed by atoms with Crippen molar-refractivity contribution in [3.63, 3.8) is 0 Å². The highest BCUT2D eigenvalue weighted by molar-refractivity contribution is 9.07. The summed E-state index contributed by atoms with van der Waals surface area (Å²) in [6.45, 7) is 0. The van der Waals surface area contributed by atoms with E-state index in [1.165, 1.54) is 0 Å². The maximum atomic E-state index is 4.31. The molecule has 1 rings (SSSR count). The number of hydrogen-bond acceptors (Lipinski definition) is 2. The van der Waals surface area contributed by atoms with Crippen LogP contribution in [0.5, 0.6) is 0 Å². The van der Waals surface area contributed by atoms with Gasteiger partial charge in [0.25, 0.3) is 0 Å². The van der Waals surface area contributed by atoms with Crippen LogP contribution in [0.4, 0.5) is 0 Å². The largest absolute Gasteiger partial charge is 0.270 e. The van der Waals surface area contributed by atoms with E-state index in [0.29, 0.717) is 0 Å². The van der Waals surface area contributed by atoms with Crippen LogP contribution in [-0.4, -0.2) is 4.98 Å². The molecular weight excluding hydrogens is 168 g/mol. The van der Waals surface area contributed by atoms with Crippen molar-refractivity contribution in [3.05, 3.63) is 30.6 Å². The molecule has 0 atom stereocenters. The van der Waals surface area contributed by atoms with Crippen molar-refractivity contribution in [1.82, 2.24) is 4.98 Å². The van der Waals surface area contributed by atoms with Crippen LogP contribution in [0.1, 0.15) is 0 Å². The summed E-state index contributed by atoms with van der Waals surface area (Å²) in [5.74, 6) is 0. The zero-order valence-electron chi connectivity index (χ0n) is 4.29. The molecule has 2 nitrogen and oxygen atoms in total. The van der Waals surface area contributed by atoms with Gasteiger partial charge in [-0.2, -0.15) is 0 Å². The molecule has 3 heteroatoms. The number of nitrogens with zero attached hydrogens (tertiary/aromatic N) is 1. The van der Waals surface area contributed by atoms with E-state index in [2.05, 4.69) is 25.9 Å². The van der Waals surface area contributed by atoms with E-state index in [4.69, 9.17) is 0 Å². The average molecular weight is 175 g/mol. The minimum atomic E-state index is 1.75. The van der Waals surface area contributed by atoms with Crippen LogP contribution in [0, 0.1) is 0 Å². The number of pyridine rings is 1. The highest BCUT2D eigenvalue weighted by Crippen LogP contribution is 1.73. The quantitative estimate of drug-likeness (QED) is 0.604. The van der Waals surface area contributed by atoms with Gasteiger partial charge in [0.2, 0.25) is 0 Å². The molecule has 8 heavy (non-hydrogen) atoms. The normalized spacial score (nSPS) is 6.75. The van der Waals surface area contributed by atoms with Crippen LogP contribution in [0.15, 0.2) is 30.6 Å². The molecule has 1 aromatic rings. The van der Waals surface area contributed by atoms with E-state index >= 15 is 0 Å². The third-order valence-corrected chi connectivity index (χ3v) is 0.566. The third-order valence-electron chi connectivity index (χ3n) is 0.566. The lowest BCUT2D eigenvalue weighted by Crippen LogP contribution is -1.58. The van der Waals surface area contributed by atoms with Gasteiger partial charge in [0.1, 0.15) is 0 Å². The van der Waals surface area contributed by atoms with Gasteiger partial charge in [-0.1, -0.05) is 6.07 Å². The van der Waals surface area contributed by atoms with Crippen molar-refractivity contribution in [2.45, 2.75) is 0 Å². The zero-order valence-corrected chi connectivity index (χ0v) is 5.88. The van der Waals surface area contributed by atoms with Gasteiger partial charge in [-0.25, -0.2) is 0 Å². The van der Waals surface area contributed by atoms with E-state index in [-0.39, 0.29) is 0 Å². The van der Waals surface area contributed by atoms with Crippen LogP contribution in [0.3, 0.4) is 0 Å². The third kappa shape index (κ3) is 3.77. The van der Waals surface area contributed by atoms with Crippen molar-refractivity contribution >= 4 is 16.1 Å². The van der Waals surface area contributed by atoms with Crippen molar-refractivity contribution < 1.29 is 0 Å². The maximum Gasteiger partial charge on any atom is 0.0267 e. The fourth-order valence-corrected chi connectivity index (χ4v) is 0.313. The molecule has 2 N–H and O–H groups in total.